The van der Waals surface area contributed by atoms with E-state index in [2.05, 4.69) is 73.4 Å². The fourth-order valence-corrected chi connectivity index (χ4v) is 1.72. The minimum Gasteiger partial charge on any atom is -0.481 e. The Bertz CT molecular complexity index is 508. The molecule has 0 aromatic heterocycles. The summed E-state index contributed by atoms with van der Waals surface area (Å²) in [4.78, 5) is 10.3. The molecule has 0 aromatic rings. The molecule has 2 nitrogen and oxygen atoms in total. The number of rotatable bonds is 12. The number of carboxylic acid groups (broad SMARTS) is 1. The number of hydrogen-bond acceptors (Lipinski definition) is 1. The second kappa shape index (κ2) is 18.8. The predicted octanol–water partition coefficient (Wildman–Crippen LogP) is 6.00. The molecule has 0 fully saturated rings. The van der Waals surface area contributed by atoms with Gasteiger partial charge in [0.15, 0.2) is 0 Å². The Kier molecular flexibility index (Phi) is 17.0. The molecule has 1 N–H and O–H groups in total. The lowest BCUT2D eigenvalue weighted by atomic mass is 10.2. The molecule has 0 amide bonds. The number of carbonyl (C=O) groups is 1. The van der Waals surface area contributed by atoms with Crippen LogP contribution in [0.5, 0.6) is 0 Å². The highest BCUT2D eigenvalue weighted by atomic mass is 16.4. The van der Waals surface area contributed by atoms with Crippen LogP contribution in [0.2, 0.25) is 0 Å². The number of hydrogen-bond donors (Lipinski definition) is 1. The zero-order valence-corrected chi connectivity index (χ0v) is 14.8. The molecule has 0 aliphatic heterocycles. The highest BCUT2D eigenvalue weighted by Crippen LogP contribution is 1.96. The van der Waals surface area contributed by atoms with E-state index >= 15 is 0 Å². The van der Waals surface area contributed by atoms with Crippen LogP contribution in [0.25, 0.3) is 0 Å². The van der Waals surface area contributed by atoms with Crippen molar-refractivity contribution in [1.29, 1.82) is 0 Å². The number of allylic oxidation sites excluding steroid dienone is 10. The first-order chi connectivity index (χ1) is 11.8. The minimum atomic E-state index is -0.792. The summed E-state index contributed by atoms with van der Waals surface area (Å²) in [6.07, 6.45) is 27.8. The highest BCUT2D eigenvalue weighted by molar-refractivity contribution is 5.66. The van der Waals surface area contributed by atoms with Crippen molar-refractivity contribution in [2.45, 2.75) is 58.3 Å². The minimum absolute atomic E-state index is 0.124. The Balaban J connectivity index is 3.54. The average molecular weight is 326 g/mol. The van der Waals surface area contributed by atoms with Crippen molar-refractivity contribution in [3.8, 4) is 11.8 Å². The lowest BCUT2D eigenvalue weighted by molar-refractivity contribution is -0.136. The molecule has 0 spiro atoms. The molecule has 0 aliphatic carbocycles. The van der Waals surface area contributed by atoms with Crippen LogP contribution < -0.4 is 0 Å². The van der Waals surface area contributed by atoms with Gasteiger partial charge in [0.05, 0.1) is 6.42 Å². The summed E-state index contributed by atoms with van der Waals surface area (Å²) in [5.41, 5.74) is 0. The van der Waals surface area contributed by atoms with Gasteiger partial charge in [-0.25, -0.2) is 0 Å². The van der Waals surface area contributed by atoms with Gasteiger partial charge in [0.2, 0.25) is 0 Å². The zero-order valence-electron chi connectivity index (χ0n) is 14.8. The maximum Gasteiger partial charge on any atom is 0.304 e. The van der Waals surface area contributed by atoms with Crippen LogP contribution in [-0.2, 0) is 4.79 Å². The third kappa shape index (κ3) is 19.7. The molecular formula is C22H30O2. The molecule has 0 rings (SSSR count). The molecular weight excluding hydrogens is 296 g/mol. The molecule has 0 radical (unpaired) electrons. The number of carboxylic acids is 1. The Morgan fingerprint density at radius 3 is 1.67 bits per heavy atom. The van der Waals surface area contributed by atoms with Gasteiger partial charge >= 0.3 is 5.97 Å². The van der Waals surface area contributed by atoms with Crippen LogP contribution >= 0.6 is 0 Å². The monoisotopic (exact) mass is 326 g/mol. The molecule has 0 unspecified atom stereocenters. The standard InChI is InChI=1S/C22H30O2/c1-2-3-4-5-6-7-8-9-10-11-12-13-14-15-16-17-18-19-20-21-22(23)24/h3-4,6-7,9-10,12-13,15-16H,2,5,8,11,14,17,20-21H2,1H3,(H,23,24). The molecule has 0 heterocycles. The van der Waals surface area contributed by atoms with Gasteiger partial charge in [-0.3, -0.25) is 4.79 Å². The molecule has 0 saturated carbocycles. The summed E-state index contributed by atoms with van der Waals surface area (Å²) >= 11 is 0. The first-order valence-corrected chi connectivity index (χ1v) is 8.69. The smallest absolute Gasteiger partial charge is 0.304 e. The maximum atomic E-state index is 10.3. The first kappa shape index (κ1) is 21.7. The van der Waals surface area contributed by atoms with Gasteiger partial charge in [-0.15, -0.1) is 5.92 Å². The Morgan fingerprint density at radius 2 is 1.21 bits per heavy atom. The van der Waals surface area contributed by atoms with Crippen molar-refractivity contribution >= 4 is 5.97 Å². The van der Waals surface area contributed by atoms with Gasteiger partial charge in [0.1, 0.15) is 0 Å². The Hall–Kier alpha value is -2.27. The van der Waals surface area contributed by atoms with Gasteiger partial charge in [0.25, 0.3) is 0 Å². The fourth-order valence-electron chi connectivity index (χ4n) is 1.72. The van der Waals surface area contributed by atoms with E-state index < -0.39 is 5.97 Å². The van der Waals surface area contributed by atoms with E-state index in [1.54, 1.807) is 0 Å². The summed E-state index contributed by atoms with van der Waals surface area (Å²) in [6, 6.07) is 0. The molecule has 2 heteroatoms. The third-order valence-corrected chi connectivity index (χ3v) is 2.97. The lowest BCUT2D eigenvalue weighted by Crippen LogP contribution is -1.91. The van der Waals surface area contributed by atoms with Gasteiger partial charge in [-0.05, 0) is 32.1 Å². The fraction of sp³-hybridized carbons (Fsp3) is 0.409. The highest BCUT2D eigenvalue weighted by Gasteiger charge is 1.90. The third-order valence-electron chi connectivity index (χ3n) is 2.97. The van der Waals surface area contributed by atoms with Crippen molar-refractivity contribution in [2.75, 3.05) is 0 Å². The molecule has 130 valence electrons. The van der Waals surface area contributed by atoms with Gasteiger partial charge < -0.3 is 5.11 Å². The maximum absolute atomic E-state index is 10.3. The summed E-state index contributed by atoms with van der Waals surface area (Å²) < 4.78 is 0. The summed E-state index contributed by atoms with van der Waals surface area (Å²) in [5, 5.41) is 8.46. The largest absolute Gasteiger partial charge is 0.481 e. The van der Waals surface area contributed by atoms with E-state index in [4.69, 9.17) is 5.11 Å². The van der Waals surface area contributed by atoms with E-state index in [0.29, 0.717) is 12.8 Å². The van der Waals surface area contributed by atoms with E-state index in [0.717, 1.165) is 32.1 Å². The average Bonchev–Trinajstić information content (AvgIpc) is 2.56. The van der Waals surface area contributed by atoms with Gasteiger partial charge in [-0.2, -0.15) is 0 Å². The molecule has 0 aliphatic rings. The second-order valence-corrected chi connectivity index (χ2v) is 5.16. The SMILES string of the molecule is CCC=CCC=CCC=CCC=CCC=CCC#CCCC(=O)O. The van der Waals surface area contributed by atoms with Crippen LogP contribution in [0.1, 0.15) is 58.3 Å². The van der Waals surface area contributed by atoms with Crippen LogP contribution in [0.15, 0.2) is 60.8 Å². The summed E-state index contributed by atoms with van der Waals surface area (Å²) in [5.74, 6) is 5.00. The molecule has 24 heavy (non-hydrogen) atoms. The second-order valence-electron chi connectivity index (χ2n) is 5.16. The summed E-state index contributed by atoms with van der Waals surface area (Å²) in [6.45, 7) is 2.14. The molecule has 0 bridgehead atoms. The van der Waals surface area contributed by atoms with Crippen LogP contribution in [0.3, 0.4) is 0 Å². The summed E-state index contributed by atoms with van der Waals surface area (Å²) in [7, 11) is 0. The number of aliphatic carboxylic acids is 1. The van der Waals surface area contributed by atoms with Crippen molar-refractivity contribution in [3.05, 3.63) is 60.8 Å². The van der Waals surface area contributed by atoms with E-state index in [-0.39, 0.29) is 6.42 Å². The molecule has 0 aromatic carbocycles. The van der Waals surface area contributed by atoms with Crippen molar-refractivity contribution in [2.24, 2.45) is 0 Å². The Morgan fingerprint density at radius 1 is 0.750 bits per heavy atom. The van der Waals surface area contributed by atoms with Crippen LogP contribution in [-0.4, -0.2) is 11.1 Å². The van der Waals surface area contributed by atoms with E-state index in [1.165, 1.54) is 0 Å². The van der Waals surface area contributed by atoms with E-state index in [1.807, 2.05) is 6.08 Å². The predicted molar refractivity (Wildman–Crippen MR) is 104 cm³/mol. The van der Waals surface area contributed by atoms with Crippen molar-refractivity contribution in [3.63, 3.8) is 0 Å². The van der Waals surface area contributed by atoms with Gasteiger partial charge in [-0.1, -0.05) is 73.6 Å². The molecule has 0 saturated heterocycles. The van der Waals surface area contributed by atoms with Crippen LogP contribution in [0, 0.1) is 11.8 Å². The quantitative estimate of drug-likeness (QED) is 0.353. The zero-order chi connectivity index (χ0) is 17.7. The van der Waals surface area contributed by atoms with Crippen molar-refractivity contribution in [1.82, 2.24) is 0 Å². The normalized spacial score (nSPS) is 12.0. The van der Waals surface area contributed by atoms with Crippen molar-refractivity contribution < 1.29 is 9.90 Å². The Labute approximate surface area is 147 Å². The van der Waals surface area contributed by atoms with Crippen LogP contribution in [0.4, 0.5) is 0 Å². The lowest BCUT2D eigenvalue weighted by Gasteiger charge is -1.85. The molecule has 0 atom stereocenters. The van der Waals surface area contributed by atoms with Gasteiger partial charge in [0, 0.05) is 12.8 Å². The topological polar surface area (TPSA) is 37.3 Å². The van der Waals surface area contributed by atoms with E-state index in [9.17, 15) is 4.79 Å². The first-order valence-electron chi connectivity index (χ1n) is 8.69.